The summed E-state index contributed by atoms with van der Waals surface area (Å²) in [5, 5.41) is 19.6. The maximum atomic E-state index is 12.5. The van der Waals surface area contributed by atoms with E-state index in [0.29, 0.717) is 21.6 Å². The van der Waals surface area contributed by atoms with E-state index in [1.165, 1.54) is 18.1 Å². The number of carbonyl (C=O) groups excluding carboxylic acids is 1. The van der Waals surface area contributed by atoms with Crippen LogP contribution in [-0.4, -0.2) is 46.6 Å². The first-order valence-electron chi connectivity index (χ1n) is 8.12. The number of amides is 1. The zero-order valence-electron chi connectivity index (χ0n) is 14.3. The number of benzene rings is 2. The molecule has 2 aromatic heterocycles. The third-order valence-corrected chi connectivity index (χ3v) is 4.83. The summed E-state index contributed by atoms with van der Waals surface area (Å²) in [6.07, 6.45) is 2.96. The highest BCUT2D eigenvalue weighted by Crippen LogP contribution is 2.25. The highest BCUT2D eigenvalue weighted by Gasteiger charge is 2.14. The highest BCUT2D eigenvalue weighted by molar-refractivity contribution is 7.99. The van der Waals surface area contributed by atoms with Crippen molar-refractivity contribution < 1.29 is 4.79 Å². The molecule has 0 aliphatic carbocycles. The van der Waals surface area contributed by atoms with E-state index in [-0.39, 0.29) is 11.7 Å². The lowest BCUT2D eigenvalue weighted by Gasteiger charge is -2.11. The van der Waals surface area contributed by atoms with E-state index in [1.54, 1.807) is 33.9 Å². The second-order valence-corrected chi connectivity index (χ2v) is 6.93. The van der Waals surface area contributed by atoms with Gasteiger partial charge in [-0.3, -0.25) is 4.79 Å². The minimum absolute atomic E-state index is 0.122. The van der Waals surface area contributed by atoms with Gasteiger partial charge in [-0.25, -0.2) is 9.67 Å². The average molecular weight is 413 g/mol. The number of anilines is 1. The lowest BCUT2D eigenvalue weighted by molar-refractivity contribution is -0.113. The summed E-state index contributed by atoms with van der Waals surface area (Å²) in [4.78, 5) is 16.4. The minimum atomic E-state index is -0.226. The Kier molecular flexibility index (Phi) is 5.31. The van der Waals surface area contributed by atoms with Crippen LogP contribution in [0.15, 0.2) is 66.3 Å². The molecule has 28 heavy (non-hydrogen) atoms. The summed E-state index contributed by atoms with van der Waals surface area (Å²) >= 11 is 7.31. The first kappa shape index (κ1) is 18.1. The molecule has 9 nitrogen and oxygen atoms in total. The van der Waals surface area contributed by atoms with Gasteiger partial charge in [0.1, 0.15) is 12.7 Å². The van der Waals surface area contributed by atoms with Crippen molar-refractivity contribution >= 4 is 35.0 Å². The Morgan fingerprint density at radius 1 is 1.18 bits per heavy atom. The van der Waals surface area contributed by atoms with E-state index in [0.717, 1.165) is 5.69 Å². The quantitative estimate of drug-likeness (QED) is 0.485. The van der Waals surface area contributed by atoms with Crippen molar-refractivity contribution in [2.45, 2.75) is 5.16 Å². The molecular formula is C17H13ClN8OS. The number of carbonyl (C=O) groups is 1. The number of nitrogens with one attached hydrogen (secondary N) is 1. The topological polar surface area (TPSA) is 103 Å². The number of thioether (sulfide) groups is 1. The van der Waals surface area contributed by atoms with Crippen LogP contribution >= 0.6 is 23.4 Å². The molecule has 4 aromatic rings. The van der Waals surface area contributed by atoms with Crippen LogP contribution in [0.1, 0.15) is 0 Å². The molecular weight excluding hydrogens is 400 g/mol. The van der Waals surface area contributed by atoms with Gasteiger partial charge in [-0.2, -0.15) is 9.78 Å². The van der Waals surface area contributed by atoms with Gasteiger partial charge in [0.05, 0.1) is 22.8 Å². The van der Waals surface area contributed by atoms with Crippen molar-refractivity contribution in [2.24, 2.45) is 0 Å². The van der Waals surface area contributed by atoms with Crippen molar-refractivity contribution in [1.82, 2.24) is 35.0 Å². The number of rotatable bonds is 6. The van der Waals surface area contributed by atoms with Gasteiger partial charge in [-0.15, -0.1) is 5.10 Å². The lowest BCUT2D eigenvalue weighted by atomic mass is 10.2. The van der Waals surface area contributed by atoms with Gasteiger partial charge in [0.25, 0.3) is 0 Å². The Bertz CT molecular complexity index is 1080. The third kappa shape index (κ3) is 4.02. The first-order chi connectivity index (χ1) is 13.7. The Balaban J connectivity index is 1.47. The molecule has 0 spiro atoms. The van der Waals surface area contributed by atoms with Crippen LogP contribution in [0.2, 0.25) is 5.02 Å². The minimum Gasteiger partial charge on any atom is -0.323 e. The molecule has 11 heteroatoms. The number of nitrogens with zero attached hydrogens (tertiary/aromatic N) is 7. The molecule has 0 fully saturated rings. The van der Waals surface area contributed by atoms with E-state index in [4.69, 9.17) is 11.6 Å². The van der Waals surface area contributed by atoms with Crippen LogP contribution in [0.25, 0.3) is 11.4 Å². The van der Waals surface area contributed by atoms with Crippen LogP contribution in [0.5, 0.6) is 0 Å². The second kappa shape index (κ2) is 8.19. The van der Waals surface area contributed by atoms with Gasteiger partial charge < -0.3 is 5.32 Å². The highest BCUT2D eigenvalue weighted by atomic mass is 35.5. The van der Waals surface area contributed by atoms with Crippen molar-refractivity contribution in [1.29, 1.82) is 0 Å². The Hall–Kier alpha value is -3.24. The molecule has 2 aromatic carbocycles. The van der Waals surface area contributed by atoms with Crippen LogP contribution < -0.4 is 5.32 Å². The monoisotopic (exact) mass is 412 g/mol. The lowest BCUT2D eigenvalue weighted by Crippen LogP contribution is -2.16. The standard InChI is InChI=1S/C17H13ClN8OS/c18-12-6-7-15(25-11-19-10-20-25)14(8-12)21-16(27)9-28-17-22-23-24-26(17)13-4-2-1-3-5-13/h1-8,10-11H,9H2,(H,21,27). The molecule has 1 N–H and O–H groups in total. The number of aromatic nitrogens is 7. The second-order valence-electron chi connectivity index (χ2n) is 5.55. The fraction of sp³-hybridized carbons (Fsp3) is 0.0588. The Labute approximate surface area is 168 Å². The van der Waals surface area contributed by atoms with Gasteiger partial charge >= 0.3 is 0 Å². The maximum absolute atomic E-state index is 12.5. The molecule has 0 atom stereocenters. The van der Waals surface area contributed by atoms with Crippen LogP contribution in [0.3, 0.4) is 0 Å². The fourth-order valence-corrected chi connectivity index (χ4v) is 3.32. The smallest absolute Gasteiger partial charge is 0.234 e. The Morgan fingerprint density at radius 3 is 2.82 bits per heavy atom. The normalized spacial score (nSPS) is 10.8. The fourth-order valence-electron chi connectivity index (χ4n) is 2.46. The van der Waals surface area contributed by atoms with E-state index >= 15 is 0 Å². The van der Waals surface area contributed by atoms with E-state index in [9.17, 15) is 4.79 Å². The zero-order valence-corrected chi connectivity index (χ0v) is 15.9. The predicted octanol–water partition coefficient (Wildman–Crippen LogP) is 2.63. The van der Waals surface area contributed by atoms with Crippen LogP contribution in [-0.2, 0) is 4.79 Å². The molecule has 0 saturated heterocycles. The van der Waals surface area contributed by atoms with Gasteiger partial charge in [-0.05, 0) is 40.8 Å². The predicted molar refractivity (Wildman–Crippen MR) is 105 cm³/mol. The molecule has 0 saturated carbocycles. The summed E-state index contributed by atoms with van der Waals surface area (Å²) in [5.74, 6) is -0.104. The average Bonchev–Trinajstić information content (AvgIpc) is 3.39. The van der Waals surface area contributed by atoms with Crippen molar-refractivity contribution in [3.63, 3.8) is 0 Å². The molecule has 0 bridgehead atoms. The number of para-hydroxylation sites is 1. The summed E-state index contributed by atoms with van der Waals surface area (Å²) < 4.78 is 3.13. The van der Waals surface area contributed by atoms with Gasteiger partial charge in [-0.1, -0.05) is 41.6 Å². The third-order valence-electron chi connectivity index (χ3n) is 3.67. The SMILES string of the molecule is O=C(CSc1nnnn1-c1ccccc1)Nc1cc(Cl)ccc1-n1cncn1. The number of hydrogen-bond acceptors (Lipinski definition) is 7. The van der Waals surface area contributed by atoms with Gasteiger partial charge in [0, 0.05) is 5.02 Å². The number of hydrogen-bond donors (Lipinski definition) is 1. The molecule has 140 valence electrons. The number of halogens is 1. The van der Waals surface area contributed by atoms with Crippen LogP contribution in [0.4, 0.5) is 5.69 Å². The largest absolute Gasteiger partial charge is 0.323 e. The Morgan fingerprint density at radius 2 is 2.04 bits per heavy atom. The molecule has 1 amide bonds. The van der Waals surface area contributed by atoms with E-state index < -0.39 is 0 Å². The maximum Gasteiger partial charge on any atom is 0.234 e. The summed E-state index contributed by atoms with van der Waals surface area (Å²) in [6, 6.07) is 14.6. The van der Waals surface area contributed by atoms with Crippen molar-refractivity contribution in [3.05, 3.63) is 66.2 Å². The van der Waals surface area contributed by atoms with Gasteiger partial charge in [0.2, 0.25) is 11.1 Å². The first-order valence-corrected chi connectivity index (χ1v) is 9.48. The molecule has 0 aliphatic heterocycles. The summed E-state index contributed by atoms with van der Waals surface area (Å²) in [7, 11) is 0. The molecule has 0 radical (unpaired) electrons. The molecule has 0 aliphatic rings. The zero-order chi connectivity index (χ0) is 19.3. The van der Waals surface area contributed by atoms with E-state index in [2.05, 4.69) is 30.9 Å². The van der Waals surface area contributed by atoms with Gasteiger partial charge in [0.15, 0.2) is 0 Å². The molecule has 4 rings (SSSR count). The van der Waals surface area contributed by atoms with Crippen LogP contribution in [0, 0.1) is 0 Å². The summed E-state index contributed by atoms with van der Waals surface area (Å²) in [5.41, 5.74) is 2.01. The van der Waals surface area contributed by atoms with Crippen molar-refractivity contribution in [3.8, 4) is 11.4 Å². The number of tetrazole rings is 1. The van der Waals surface area contributed by atoms with Crippen molar-refractivity contribution in [2.75, 3.05) is 11.1 Å². The van der Waals surface area contributed by atoms with E-state index in [1.807, 2.05) is 30.3 Å². The summed E-state index contributed by atoms with van der Waals surface area (Å²) in [6.45, 7) is 0. The molecule has 0 unspecified atom stereocenters. The molecule has 2 heterocycles.